The first-order chi connectivity index (χ1) is 22.8. The van der Waals surface area contributed by atoms with E-state index in [0.717, 1.165) is 23.5 Å². The number of hydrogen-bond donors (Lipinski definition) is 7. The molecule has 4 heterocycles. The second-order valence-electron chi connectivity index (χ2n) is 10.7. The predicted molar refractivity (Wildman–Crippen MR) is 169 cm³/mol. The molecule has 5 rings (SSSR count). The molecule has 17 nitrogen and oxygen atoms in total. The van der Waals surface area contributed by atoms with Crippen LogP contribution in [0.1, 0.15) is 17.4 Å². The van der Waals surface area contributed by atoms with Crippen LogP contribution in [-0.2, 0) is 35.4 Å². The highest BCUT2D eigenvalue weighted by Crippen LogP contribution is 2.44. The number of fused-ring (bicyclic) bond motifs is 1. The third-order valence-electron chi connectivity index (χ3n) is 7.33. The molecule has 1 aromatic carbocycles. The minimum absolute atomic E-state index is 0.0651. The van der Waals surface area contributed by atoms with Gasteiger partial charge >= 0.3 is 17.9 Å². The minimum Gasteiger partial charge on any atom is -0.504 e. The lowest BCUT2D eigenvalue weighted by molar-refractivity contribution is -0.686. The van der Waals surface area contributed by atoms with E-state index >= 15 is 0 Å². The monoisotopic (exact) mass is 719 g/mol. The molecule has 0 aliphatic carbocycles. The molecule has 0 saturated carbocycles. The molecular formula is C28H27N6O11S3+. The van der Waals surface area contributed by atoms with Crippen LogP contribution in [0.25, 0.3) is 0 Å². The van der Waals surface area contributed by atoms with Crippen LogP contribution in [-0.4, -0.2) is 100 Å². The molecule has 3 unspecified atom stereocenters. The van der Waals surface area contributed by atoms with E-state index in [4.69, 9.17) is 15.7 Å². The number of β-lactam (4-membered cyclic amide) rings is 1. The van der Waals surface area contributed by atoms with Crippen LogP contribution in [0.15, 0.2) is 58.2 Å². The maximum atomic E-state index is 13.4. The Kier molecular flexibility index (Phi) is 9.96. The van der Waals surface area contributed by atoms with Crippen molar-refractivity contribution in [3.63, 3.8) is 0 Å². The molecule has 8 N–H and O–H groups in total. The molecule has 3 aromatic rings. The molecular weight excluding hydrogens is 693 g/mol. The van der Waals surface area contributed by atoms with E-state index in [-0.39, 0.29) is 41.0 Å². The second kappa shape index (κ2) is 14.0. The molecule has 252 valence electrons. The summed E-state index contributed by atoms with van der Waals surface area (Å²) in [6, 6.07) is 5.47. The van der Waals surface area contributed by atoms with E-state index in [1.54, 1.807) is 24.5 Å². The van der Waals surface area contributed by atoms with Crippen LogP contribution in [0.4, 0.5) is 5.13 Å². The molecule has 20 heteroatoms. The number of pyridine rings is 1. The Morgan fingerprint density at radius 2 is 1.90 bits per heavy atom. The number of rotatable bonds is 13. The smallest absolute Gasteiger partial charge is 0.370 e. The number of nitrogens with two attached hydrogens (primary N) is 1. The van der Waals surface area contributed by atoms with Crippen LogP contribution in [0.5, 0.6) is 11.5 Å². The van der Waals surface area contributed by atoms with Crippen LogP contribution < -0.4 is 15.6 Å². The zero-order valence-corrected chi connectivity index (χ0v) is 26.9. The van der Waals surface area contributed by atoms with Gasteiger partial charge in [-0.05, 0) is 12.1 Å². The normalized spacial score (nSPS) is 21.0. The SMILES string of the molecule is Nc1nc(C(=NOC(C(=O)O)c2ccc(O)c(O)c2)C(=O)NC2C(=O)N3CC(CSc4cc[n+](CC(=O)O)cc4)(C(=O)O)CS[C@H]23)cs1. The summed E-state index contributed by atoms with van der Waals surface area (Å²) in [5.74, 6) is -5.96. The highest BCUT2D eigenvalue weighted by atomic mass is 32.2. The number of nitrogen functional groups attached to an aromatic ring is 1. The summed E-state index contributed by atoms with van der Waals surface area (Å²) in [6.07, 6.45) is 1.34. The summed E-state index contributed by atoms with van der Waals surface area (Å²) >= 11 is 3.41. The first-order valence-corrected chi connectivity index (χ1v) is 16.7. The second-order valence-corrected chi connectivity index (χ2v) is 13.7. The van der Waals surface area contributed by atoms with Gasteiger partial charge < -0.3 is 46.3 Å². The van der Waals surface area contributed by atoms with Crippen molar-refractivity contribution in [2.75, 3.05) is 23.8 Å². The highest BCUT2D eigenvalue weighted by molar-refractivity contribution is 8.00. The summed E-state index contributed by atoms with van der Waals surface area (Å²) in [7, 11) is 0. The summed E-state index contributed by atoms with van der Waals surface area (Å²) in [6.45, 7) is -0.334. The number of thiazole rings is 1. The number of benzene rings is 1. The van der Waals surface area contributed by atoms with Gasteiger partial charge in [-0.15, -0.1) is 34.9 Å². The molecule has 2 aliphatic rings. The quantitative estimate of drug-likeness (QED) is 0.0313. The molecule has 4 atom stereocenters. The lowest BCUT2D eigenvalue weighted by Gasteiger charge is -2.53. The molecule has 0 radical (unpaired) electrons. The number of aliphatic carboxylic acids is 3. The van der Waals surface area contributed by atoms with Gasteiger partial charge in [0, 0.05) is 46.0 Å². The van der Waals surface area contributed by atoms with E-state index in [0.29, 0.717) is 4.90 Å². The summed E-state index contributed by atoms with van der Waals surface area (Å²) in [5, 5.41) is 55.3. The van der Waals surface area contributed by atoms with Crippen molar-refractivity contribution in [1.29, 1.82) is 0 Å². The average molecular weight is 720 g/mol. The summed E-state index contributed by atoms with van der Waals surface area (Å²) in [5.41, 5.74) is 3.76. The number of phenolic OH excluding ortho intramolecular Hbond substituents is 2. The van der Waals surface area contributed by atoms with Gasteiger partial charge in [-0.2, -0.15) is 4.57 Å². The van der Waals surface area contributed by atoms with Crippen molar-refractivity contribution in [3.05, 3.63) is 59.4 Å². The van der Waals surface area contributed by atoms with Crippen molar-refractivity contribution in [3.8, 4) is 11.5 Å². The van der Waals surface area contributed by atoms with Crippen molar-refractivity contribution in [2.45, 2.75) is 29.0 Å². The third-order valence-corrected chi connectivity index (χ3v) is 10.9. The Morgan fingerprint density at radius 3 is 2.50 bits per heavy atom. The van der Waals surface area contributed by atoms with Gasteiger partial charge in [0.1, 0.15) is 22.5 Å². The molecule has 0 bridgehead atoms. The van der Waals surface area contributed by atoms with E-state index in [9.17, 15) is 44.4 Å². The van der Waals surface area contributed by atoms with Gasteiger partial charge in [0.2, 0.25) is 18.6 Å². The van der Waals surface area contributed by atoms with Gasteiger partial charge in [0.25, 0.3) is 5.91 Å². The zero-order chi connectivity index (χ0) is 34.7. The minimum atomic E-state index is -1.81. The number of hydrogen-bond acceptors (Lipinski definition) is 14. The number of aromatic hydroxyl groups is 2. The van der Waals surface area contributed by atoms with E-state index in [2.05, 4.69) is 15.5 Å². The van der Waals surface area contributed by atoms with Gasteiger partial charge in [-0.1, -0.05) is 11.2 Å². The number of aromatic nitrogens is 2. The largest absolute Gasteiger partial charge is 0.504 e. The zero-order valence-electron chi connectivity index (χ0n) is 24.5. The molecule has 48 heavy (non-hydrogen) atoms. The molecule has 2 aliphatic heterocycles. The third kappa shape index (κ3) is 7.24. The lowest BCUT2D eigenvalue weighted by Crippen LogP contribution is -2.74. The van der Waals surface area contributed by atoms with E-state index in [1.165, 1.54) is 44.4 Å². The number of anilines is 1. The number of phenols is 2. The number of carbonyl (C=O) groups is 5. The Morgan fingerprint density at radius 1 is 1.17 bits per heavy atom. The fourth-order valence-corrected chi connectivity index (χ4v) is 8.09. The van der Waals surface area contributed by atoms with Crippen molar-refractivity contribution in [2.24, 2.45) is 10.6 Å². The molecule has 2 aromatic heterocycles. The van der Waals surface area contributed by atoms with Crippen LogP contribution in [0.2, 0.25) is 0 Å². The summed E-state index contributed by atoms with van der Waals surface area (Å²) < 4.78 is 1.46. The van der Waals surface area contributed by atoms with Crippen molar-refractivity contribution >= 4 is 75.4 Å². The molecule has 2 saturated heterocycles. The number of carboxylic acid groups (broad SMARTS) is 3. The fraction of sp³-hybridized carbons (Fsp3) is 0.286. The number of nitrogens with one attached hydrogen (secondary N) is 1. The topological polar surface area (TPSA) is 266 Å². The van der Waals surface area contributed by atoms with Gasteiger partial charge in [0.15, 0.2) is 34.7 Å². The Bertz CT molecular complexity index is 1800. The van der Waals surface area contributed by atoms with Gasteiger partial charge in [-0.3, -0.25) is 14.4 Å². The standard InChI is InChI=1S/C28H26N6O11S3/c29-27-30-15(9-46-27)19(32-45-21(25(41)42)13-1-2-16(35)17(36)7-13)22(39)31-20-23(40)34-10-28(26(43)44,12-48-24(20)34)11-47-14-3-5-33(6-4-14)8-18(37)38/h1-7,9,20-21,24H,8,10-12H2,(H7-,29,30,31,32,35,36,37,38,39,41,42,43,44)/p+1/t20?,21?,24-,28?/m1/s1. The summed E-state index contributed by atoms with van der Waals surface area (Å²) in [4.78, 5) is 73.3. The van der Waals surface area contributed by atoms with Gasteiger partial charge in [0.05, 0.1) is 0 Å². The molecule has 2 fully saturated rings. The number of carbonyl (C=O) groups excluding carboxylic acids is 2. The Labute approximate surface area is 283 Å². The van der Waals surface area contributed by atoms with Crippen LogP contribution in [0, 0.1) is 5.41 Å². The average Bonchev–Trinajstić information content (AvgIpc) is 3.47. The fourth-order valence-electron chi connectivity index (χ4n) is 4.80. The molecule has 0 spiro atoms. The highest BCUT2D eigenvalue weighted by Gasteiger charge is 2.57. The number of amides is 2. The number of thioether (sulfide) groups is 2. The lowest BCUT2D eigenvalue weighted by atomic mass is 9.89. The van der Waals surface area contributed by atoms with Crippen molar-refractivity contribution in [1.82, 2.24) is 15.2 Å². The number of nitrogens with zero attached hydrogens (tertiary/aromatic N) is 4. The van der Waals surface area contributed by atoms with Crippen LogP contribution >= 0.6 is 34.9 Å². The Balaban J connectivity index is 1.28. The number of oxime groups is 1. The van der Waals surface area contributed by atoms with Crippen LogP contribution in [0.3, 0.4) is 0 Å². The maximum Gasteiger partial charge on any atom is 0.370 e. The predicted octanol–water partition coefficient (Wildman–Crippen LogP) is 0.318. The molecule has 2 amide bonds. The Hall–Kier alpha value is -5.08. The van der Waals surface area contributed by atoms with Crippen molar-refractivity contribution < 1.29 is 58.9 Å². The first kappa shape index (κ1) is 34.3. The van der Waals surface area contributed by atoms with Gasteiger partial charge in [-0.25, -0.2) is 14.6 Å². The number of carboxylic acids is 3. The van der Waals surface area contributed by atoms with E-state index in [1.807, 2.05) is 0 Å². The first-order valence-electron chi connectivity index (χ1n) is 13.8. The maximum absolute atomic E-state index is 13.4. The van der Waals surface area contributed by atoms with E-state index < -0.39 is 69.9 Å².